The number of carbonyl (C=O) groups is 2. The maximum Gasteiger partial charge on any atom is 0.416 e. The normalized spacial score (nSPS) is 16.9. The van der Waals surface area contributed by atoms with E-state index >= 15 is 0 Å². The number of hydrogen-bond donors (Lipinski definition) is 1. The first-order chi connectivity index (χ1) is 14.1. The predicted octanol–water partition coefficient (Wildman–Crippen LogP) is 3.75. The van der Waals surface area contributed by atoms with Crippen LogP contribution >= 0.6 is 0 Å². The largest absolute Gasteiger partial charge is 0.416 e. The Morgan fingerprint density at radius 2 is 1.90 bits per heavy atom. The molecule has 30 heavy (non-hydrogen) atoms. The topological polar surface area (TPSA) is 52.7 Å². The summed E-state index contributed by atoms with van der Waals surface area (Å²) in [4.78, 5) is 28.5. The minimum absolute atomic E-state index is 0.0423. The smallest absolute Gasteiger partial charge is 0.338 e. The van der Waals surface area contributed by atoms with Crippen molar-refractivity contribution < 1.29 is 22.8 Å². The number of anilines is 1. The molecule has 3 rings (SSSR count). The van der Waals surface area contributed by atoms with Crippen LogP contribution < -0.4 is 5.32 Å². The van der Waals surface area contributed by atoms with E-state index in [1.54, 1.807) is 6.07 Å². The summed E-state index contributed by atoms with van der Waals surface area (Å²) in [7, 11) is 3.86. The third-order valence-corrected chi connectivity index (χ3v) is 4.97. The number of nitrogens with zero attached hydrogens (tertiary/aromatic N) is 2. The van der Waals surface area contributed by atoms with Gasteiger partial charge in [0.2, 0.25) is 11.8 Å². The summed E-state index contributed by atoms with van der Waals surface area (Å²) in [6.45, 7) is 0.877. The van der Waals surface area contributed by atoms with Crippen LogP contribution in [0.4, 0.5) is 18.9 Å². The van der Waals surface area contributed by atoms with Crippen LogP contribution in [0, 0.1) is 5.92 Å². The average Bonchev–Trinajstić information content (AvgIpc) is 3.03. The van der Waals surface area contributed by atoms with Gasteiger partial charge in [-0.3, -0.25) is 9.59 Å². The molecular formula is C22H24F3N3O2. The van der Waals surface area contributed by atoms with Crippen molar-refractivity contribution in [2.24, 2.45) is 5.92 Å². The van der Waals surface area contributed by atoms with Crippen LogP contribution in [-0.2, 0) is 28.9 Å². The van der Waals surface area contributed by atoms with Gasteiger partial charge >= 0.3 is 6.18 Å². The van der Waals surface area contributed by atoms with Crippen molar-refractivity contribution in [1.29, 1.82) is 0 Å². The third-order valence-electron chi connectivity index (χ3n) is 4.97. The van der Waals surface area contributed by atoms with Crippen molar-refractivity contribution in [2.45, 2.75) is 25.7 Å². The Balaban J connectivity index is 1.66. The van der Waals surface area contributed by atoms with Crippen LogP contribution in [0.3, 0.4) is 0 Å². The Hall–Kier alpha value is -2.87. The first-order valence-electron chi connectivity index (χ1n) is 9.61. The second kappa shape index (κ2) is 8.87. The van der Waals surface area contributed by atoms with E-state index in [1.807, 2.05) is 43.3 Å². The number of carbonyl (C=O) groups excluding carboxylic acids is 2. The third kappa shape index (κ3) is 5.38. The van der Waals surface area contributed by atoms with Crippen molar-refractivity contribution in [3.63, 3.8) is 0 Å². The van der Waals surface area contributed by atoms with E-state index in [4.69, 9.17) is 0 Å². The van der Waals surface area contributed by atoms with Crippen LogP contribution in [-0.4, -0.2) is 42.3 Å². The molecule has 1 aliphatic heterocycles. The fourth-order valence-electron chi connectivity index (χ4n) is 3.52. The van der Waals surface area contributed by atoms with Crippen LogP contribution in [0.2, 0.25) is 0 Å². The number of benzene rings is 2. The summed E-state index contributed by atoms with van der Waals surface area (Å²) in [5.41, 5.74) is 1.29. The maximum absolute atomic E-state index is 12.9. The van der Waals surface area contributed by atoms with E-state index in [0.29, 0.717) is 17.8 Å². The van der Waals surface area contributed by atoms with Crippen molar-refractivity contribution >= 4 is 17.5 Å². The van der Waals surface area contributed by atoms with Gasteiger partial charge < -0.3 is 15.1 Å². The molecule has 0 aliphatic carbocycles. The van der Waals surface area contributed by atoms with Gasteiger partial charge in [0.1, 0.15) is 0 Å². The zero-order valence-electron chi connectivity index (χ0n) is 16.9. The maximum atomic E-state index is 12.9. The molecule has 1 aliphatic rings. The van der Waals surface area contributed by atoms with Gasteiger partial charge in [-0.15, -0.1) is 0 Å². The number of nitrogens with one attached hydrogen (secondary N) is 1. The zero-order valence-corrected chi connectivity index (χ0v) is 16.9. The summed E-state index contributed by atoms with van der Waals surface area (Å²) < 4.78 is 38.7. The molecule has 0 aromatic heterocycles. The molecule has 1 fully saturated rings. The molecule has 0 unspecified atom stereocenters. The van der Waals surface area contributed by atoms with Crippen LogP contribution in [0.15, 0.2) is 48.5 Å². The highest BCUT2D eigenvalue weighted by atomic mass is 19.4. The molecular weight excluding hydrogens is 395 g/mol. The first-order valence-corrected chi connectivity index (χ1v) is 9.61. The Morgan fingerprint density at radius 1 is 1.17 bits per heavy atom. The van der Waals surface area contributed by atoms with Crippen LogP contribution in [0.25, 0.3) is 0 Å². The van der Waals surface area contributed by atoms with Crippen molar-refractivity contribution in [3.8, 4) is 0 Å². The lowest BCUT2D eigenvalue weighted by molar-refractivity contribution is -0.137. The SMILES string of the molecule is CN(C)Cc1ccccc1NC(=O)[C@@H]1CC(=O)N(Cc2cccc(C(F)(F)F)c2)C1. The molecule has 0 bridgehead atoms. The number of para-hydroxylation sites is 1. The van der Waals surface area contributed by atoms with Gasteiger partial charge in [0, 0.05) is 31.7 Å². The summed E-state index contributed by atoms with van der Waals surface area (Å²) in [6.07, 6.45) is -4.39. The van der Waals surface area contributed by atoms with Gasteiger partial charge in [-0.1, -0.05) is 30.3 Å². The molecule has 2 amide bonds. The summed E-state index contributed by atoms with van der Waals surface area (Å²) in [5, 5.41) is 2.90. The van der Waals surface area contributed by atoms with E-state index in [1.165, 1.54) is 11.0 Å². The van der Waals surface area contributed by atoms with E-state index < -0.39 is 17.7 Å². The molecule has 0 radical (unpaired) electrons. The van der Waals surface area contributed by atoms with E-state index in [0.717, 1.165) is 17.7 Å². The molecule has 160 valence electrons. The highest BCUT2D eigenvalue weighted by molar-refractivity contribution is 5.97. The number of alkyl halides is 3. The zero-order chi connectivity index (χ0) is 21.9. The number of likely N-dealkylation sites (tertiary alicyclic amines) is 1. The Labute approximate surface area is 173 Å². The predicted molar refractivity (Wildman–Crippen MR) is 107 cm³/mol. The van der Waals surface area contributed by atoms with Crippen molar-refractivity contribution in [3.05, 3.63) is 65.2 Å². The summed E-state index contributed by atoms with van der Waals surface area (Å²) in [6, 6.07) is 12.4. The highest BCUT2D eigenvalue weighted by Gasteiger charge is 2.35. The molecule has 1 N–H and O–H groups in total. The van der Waals surface area contributed by atoms with E-state index in [2.05, 4.69) is 5.32 Å². The standard InChI is InChI=1S/C22H24F3N3O2/c1-27(2)13-16-7-3-4-9-19(16)26-21(30)17-11-20(29)28(14-17)12-15-6-5-8-18(10-15)22(23,24)25/h3-10,17H,11-14H2,1-2H3,(H,26,30)/t17-/m1/s1. The first kappa shape index (κ1) is 21.8. The minimum Gasteiger partial charge on any atom is -0.338 e. The lowest BCUT2D eigenvalue weighted by Crippen LogP contribution is -2.28. The lowest BCUT2D eigenvalue weighted by atomic mass is 10.1. The van der Waals surface area contributed by atoms with Gasteiger partial charge in [0.25, 0.3) is 0 Å². The Kier molecular flexibility index (Phi) is 6.45. The second-order valence-electron chi connectivity index (χ2n) is 7.76. The van der Waals surface area contributed by atoms with Gasteiger partial charge in [0.05, 0.1) is 11.5 Å². The quantitative estimate of drug-likeness (QED) is 0.776. The monoisotopic (exact) mass is 419 g/mol. The summed E-state index contributed by atoms with van der Waals surface area (Å²) in [5.74, 6) is -1.05. The minimum atomic E-state index is -4.44. The highest BCUT2D eigenvalue weighted by Crippen LogP contribution is 2.30. The Bertz CT molecular complexity index is 928. The molecule has 1 atom stereocenters. The fourth-order valence-corrected chi connectivity index (χ4v) is 3.52. The number of halogens is 3. The molecule has 2 aromatic rings. The lowest BCUT2D eigenvalue weighted by Gasteiger charge is -2.18. The second-order valence-corrected chi connectivity index (χ2v) is 7.76. The molecule has 0 saturated carbocycles. The molecule has 0 spiro atoms. The van der Waals surface area contributed by atoms with Gasteiger partial charge in [-0.25, -0.2) is 0 Å². The fraction of sp³-hybridized carbons (Fsp3) is 0.364. The van der Waals surface area contributed by atoms with Gasteiger partial charge in [-0.2, -0.15) is 13.2 Å². The van der Waals surface area contributed by atoms with Crippen LogP contribution in [0.1, 0.15) is 23.1 Å². The number of amides is 2. The number of hydrogen-bond acceptors (Lipinski definition) is 3. The van der Waals surface area contributed by atoms with Gasteiger partial charge in [0.15, 0.2) is 0 Å². The van der Waals surface area contributed by atoms with Crippen molar-refractivity contribution in [2.75, 3.05) is 26.0 Å². The molecule has 1 saturated heterocycles. The van der Waals surface area contributed by atoms with E-state index in [9.17, 15) is 22.8 Å². The average molecular weight is 419 g/mol. The molecule has 2 aromatic carbocycles. The van der Waals surface area contributed by atoms with Crippen molar-refractivity contribution in [1.82, 2.24) is 9.80 Å². The van der Waals surface area contributed by atoms with Gasteiger partial charge in [-0.05, 0) is 43.4 Å². The number of rotatable bonds is 6. The Morgan fingerprint density at radius 3 is 2.60 bits per heavy atom. The molecule has 1 heterocycles. The van der Waals surface area contributed by atoms with E-state index in [-0.39, 0.29) is 31.3 Å². The molecule has 5 nitrogen and oxygen atoms in total. The van der Waals surface area contributed by atoms with Crippen LogP contribution in [0.5, 0.6) is 0 Å². The molecule has 8 heteroatoms. The summed E-state index contributed by atoms with van der Waals surface area (Å²) >= 11 is 0.